The van der Waals surface area contributed by atoms with Crippen molar-refractivity contribution in [1.29, 1.82) is 0 Å². The van der Waals surface area contributed by atoms with Crippen LogP contribution in [0.5, 0.6) is 0 Å². The van der Waals surface area contributed by atoms with Gasteiger partial charge in [0.1, 0.15) is 0 Å². The van der Waals surface area contributed by atoms with E-state index in [0.29, 0.717) is 23.7 Å². The maximum absolute atomic E-state index is 12.0. The summed E-state index contributed by atoms with van der Waals surface area (Å²) in [5.74, 6) is -0.900. The number of carbonyl (C=O) groups is 1. The van der Waals surface area contributed by atoms with Crippen molar-refractivity contribution in [3.05, 3.63) is 93.3 Å². The maximum atomic E-state index is 12.0. The van der Waals surface area contributed by atoms with Crippen LogP contribution in [0.25, 0.3) is 0 Å². The van der Waals surface area contributed by atoms with Gasteiger partial charge >= 0.3 is 5.97 Å². The number of aromatic carboxylic acids is 1. The molecule has 0 spiro atoms. The third kappa shape index (κ3) is 4.13. The number of hydrogen-bond donors (Lipinski definition) is 2. The molecule has 0 saturated carbocycles. The van der Waals surface area contributed by atoms with Crippen molar-refractivity contribution >= 4 is 17.6 Å². The fourth-order valence-corrected chi connectivity index (χ4v) is 3.79. The summed E-state index contributed by atoms with van der Waals surface area (Å²) in [5.41, 5.74) is 5.03. The molecule has 4 nitrogen and oxygen atoms in total. The molecule has 2 aromatic carbocycles. The van der Waals surface area contributed by atoms with Gasteiger partial charge in [0, 0.05) is 41.1 Å². The first-order chi connectivity index (χ1) is 13.4. The zero-order valence-electron chi connectivity index (χ0n) is 16.4. The zero-order valence-corrected chi connectivity index (χ0v) is 17.1. The molecule has 146 valence electrons. The van der Waals surface area contributed by atoms with E-state index in [-0.39, 0.29) is 6.04 Å². The Morgan fingerprint density at radius 2 is 1.71 bits per heavy atom. The molecule has 28 heavy (non-hydrogen) atoms. The van der Waals surface area contributed by atoms with Crippen LogP contribution < -0.4 is 5.32 Å². The minimum absolute atomic E-state index is 0.120. The van der Waals surface area contributed by atoms with Crippen LogP contribution in [-0.2, 0) is 13.1 Å². The van der Waals surface area contributed by atoms with Gasteiger partial charge in [0.25, 0.3) is 0 Å². The van der Waals surface area contributed by atoms with Gasteiger partial charge in [0.2, 0.25) is 0 Å². The Bertz CT molecular complexity index is 980. The average molecular weight is 397 g/mol. The molecule has 3 aromatic rings. The van der Waals surface area contributed by atoms with Gasteiger partial charge in [-0.05, 0) is 38.0 Å². The number of nitrogens with one attached hydrogen (secondary N) is 1. The van der Waals surface area contributed by atoms with Gasteiger partial charge in [-0.2, -0.15) is 0 Å². The fourth-order valence-electron chi connectivity index (χ4n) is 3.60. The predicted octanol–water partition coefficient (Wildman–Crippen LogP) is 5.36. The lowest BCUT2D eigenvalue weighted by molar-refractivity contribution is 0.0694. The number of nitrogens with zero attached hydrogens (tertiary/aromatic N) is 1. The minimum atomic E-state index is -0.900. The second-order valence-corrected chi connectivity index (χ2v) is 7.43. The maximum Gasteiger partial charge on any atom is 0.337 e. The summed E-state index contributed by atoms with van der Waals surface area (Å²) >= 11 is 6.32. The molecular formula is C23H25ClN2O2. The van der Waals surface area contributed by atoms with E-state index in [1.54, 1.807) is 0 Å². The molecule has 1 aromatic heterocycles. The van der Waals surface area contributed by atoms with Crippen LogP contribution in [0.3, 0.4) is 0 Å². The molecule has 1 atom stereocenters. The van der Waals surface area contributed by atoms with Crippen molar-refractivity contribution in [2.24, 2.45) is 0 Å². The number of halogens is 1. The molecule has 0 unspecified atom stereocenters. The van der Waals surface area contributed by atoms with E-state index >= 15 is 0 Å². The van der Waals surface area contributed by atoms with Gasteiger partial charge in [-0.25, -0.2) is 4.79 Å². The molecule has 0 fully saturated rings. The largest absolute Gasteiger partial charge is 0.478 e. The number of hydrogen-bond acceptors (Lipinski definition) is 2. The minimum Gasteiger partial charge on any atom is -0.478 e. The molecule has 5 heteroatoms. The van der Waals surface area contributed by atoms with Crippen molar-refractivity contribution < 1.29 is 9.90 Å². The van der Waals surface area contributed by atoms with E-state index in [4.69, 9.17) is 11.6 Å². The summed E-state index contributed by atoms with van der Waals surface area (Å²) in [6.45, 7) is 6.95. The molecule has 3 rings (SSSR count). The van der Waals surface area contributed by atoms with Crippen molar-refractivity contribution in [2.45, 2.75) is 39.9 Å². The second-order valence-electron chi connectivity index (χ2n) is 7.02. The van der Waals surface area contributed by atoms with E-state index in [2.05, 4.69) is 24.4 Å². The summed E-state index contributed by atoms with van der Waals surface area (Å²) in [5, 5.41) is 14.0. The summed E-state index contributed by atoms with van der Waals surface area (Å²) in [7, 11) is 0. The molecular weight excluding hydrogens is 372 g/mol. The van der Waals surface area contributed by atoms with E-state index in [0.717, 1.165) is 22.5 Å². The van der Waals surface area contributed by atoms with Crippen LogP contribution >= 0.6 is 11.6 Å². The smallest absolute Gasteiger partial charge is 0.337 e. The lowest BCUT2D eigenvalue weighted by atomic mass is 10.1. The topological polar surface area (TPSA) is 54.3 Å². The van der Waals surface area contributed by atoms with Crippen LogP contribution in [-0.4, -0.2) is 15.6 Å². The van der Waals surface area contributed by atoms with Gasteiger partial charge in [-0.15, -0.1) is 0 Å². The van der Waals surface area contributed by atoms with Crippen molar-refractivity contribution in [3.63, 3.8) is 0 Å². The van der Waals surface area contributed by atoms with Crippen LogP contribution in [0.4, 0.5) is 0 Å². The molecule has 0 aliphatic heterocycles. The van der Waals surface area contributed by atoms with E-state index in [1.165, 1.54) is 5.56 Å². The highest BCUT2D eigenvalue weighted by Gasteiger charge is 2.23. The number of aromatic nitrogens is 1. The highest BCUT2D eigenvalue weighted by Crippen LogP contribution is 2.26. The van der Waals surface area contributed by atoms with Crippen LogP contribution in [0.2, 0.25) is 5.02 Å². The number of carboxylic acid groups (broad SMARTS) is 1. The molecule has 0 aliphatic rings. The van der Waals surface area contributed by atoms with Crippen LogP contribution in [0.15, 0.2) is 54.6 Å². The van der Waals surface area contributed by atoms with E-state index < -0.39 is 5.97 Å². The third-order valence-electron chi connectivity index (χ3n) is 5.29. The summed E-state index contributed by atoms with van der Waals surface area (Å²) < 4.78 is 2.04. The summed E-state index contributed by atoms with van der Waals surface area (Å²) in [6, 6.07) is 17.9. The van der Waals surface area contributed by atoms with E-state index in [1.807, 2.05) is 60.9 Å². The van der Waals surface area contributed by atoms with Crippen molar-refractivity contribution in [3.8, 4) is 0 Å². The Morgan fingerprint density at radius 3 is 2.36 bits per heavy atom. The number of rotatable bonds is 7. The van der Waals surface area contributed by atoms with Gasteiger partial charge in [0.15, 0.2) is 0 Å². The van der Waals surface area contributed by atoms with Crippen molar-refractivity contribution in [1.82, 2.24) is 9.88 Å². The van der Waals surface area contributed by atoms with Crippen LogP contribution in [0, 0.1) is 13.8 Å². The molecule has 0 aliphatic carbocycles. The highest BCUT2D eigenvalue weighted by atomic mass is 35.5. The SMILES string of the molecule is Cc1c(CN[C@H](C)c2ccccc2)c(C(=O)O)c(C)n1Cc1ccccc1Cl. The fraction of sp³-hybridized carbons (Fsp3) is 0.261. The zero-order chi connectivity index (χ0) is 20.3. The first-order valence-electron chi connectivity index (χ1n) is 9.33. The average Bonchev–Trinajstić information content (AvgIpc) is 2.92. The molecule has 0 bridgehead atoms. The number of benzene rings is 2. The lowest BCUT2D eigenvalue weighted by Gasteiger charge is -2.15. The van der Waals surface area contributed by atoms with E-state index in [9.17, 15) is 9.90 Å². The van der Waals surface area contributed by atoms with Gasteiger partial charge in [-0.1, -0.05) is 60.1 Å². The molecule has 0 amide bonds. The van der Waals surface area contributed by atoms with Crippen molar-refractivity contribution in [2.75, 3.05) is 0 Å². The first kappa shape index (κ1) is 20.2. The Kier molecular flexibility index (Phi) is 6.22. The summed E-state index contributed by atoms with van der Waals surface area (Å²) in [6.07, 6.45) is 0. The normalized spacial score (nSPS) is 12.1. The standard InChI is InChI=1S/C23H25ClN2O2/c1-15(18-9-5-4-6-10-18)25-13-20-16(2)26(17(3)22(20)23(27)28)14-19-11-7-8-12-21(19)24/h4-12,15,25H,13-14H2,1-3H3,(H,27,28)/t15-/m1/s1. The highest BCUT2D eigenvalue weighted by molar-refractivity contribution is 6.31. The molecule has 2 N–H and O–H groups in total. The Hall–Kier alpha value is -2.56. The first-order valence-corrected chi connectivity index (χ1v) is 9.71. The predicted molar refractivity (Wildman–Crippen MR) is 113 cm³/mol. The van der Waals surface area contributed by atoms with Gasteiger partial charge in [0.05, 0.1) is 5.56 Å². The molecule has 1 heterocycles. The monoisotopic (exact) mass is 396 g/mol. The van der Waals surface area contributed by atoms with Crippen LogP contribution in [0.1, 0.15) is 51.4 Å². The number of carboxylic acids is 1. The molecule has 0 saturated heterocycles. The van der Waals surface area contributed by atoms with Gasteiger partial charge in [-0.3, -0.25) is 0 Å². The van der Waals surface area contributed by atoms with Gasteiger partial charge < -0.3 is 15.0 Å². The Morgan fingerprint density at radius 1 is 1.07 bits per heavy atom. The summed E-state index contributed by atoms with van der Waals surface area (Å²) in [4.78, 5) is 12.0. The third-order valence-corrected chi connectivity index (χ3v) is 5.66. The molecule has 0 radical (unpaired) electrons. The second kappa shape index (κ2) is 8.63. The Balaban J connectivity index is 1.90. The lowest BCUT2D eigenvalue weighted by Crippen LogP contribution is -2.19. The quantitative estimate of drug-likeness (QED) is 0.565. The Labute approximate surface area is 170 Å².